The van der Waals surface area contributed by atoms with Crippen LogP contribution in [-0.4, -0.2) is 72.6 Å². The second-order valence-electron chi connectivity index (χ2n) is 10.3. The molecule has 0 bridgehead atoms. The maximum absolute atomic E-state index is 16.5. The standard InChI is InChI=1S/C25H31F2N6O8P/c1-6-37-18-16-17(30-22(28)31-18)33(12-29-16)21-23(5,35)24(26)20(25(24,27)39-21)41-42(36,40-15-10-8-7-9-11-15)32-14(4)19(34)38-13(2)3/h7-14,20-21,35H,6H2,1-5H3,(H,32,36)(H2,28,30,31)/t14?,20-,21+,23-,24-,25+,42?/m0/s1. The summed E-state index contributed by atoms with van der Waals surface area (Å²) >= 11 is 0. The Morgan fingerprint density at radius 3 is 2.55 bits per heavy atom. The lowest BCUT2D eigenvalue weighted by molar-refractivity contribution is -0.174. The summed E-state index contributed by atoms with van der Waals surface area (Å²) in [6.45, 7) is 7.47. The van der Waals surface area contributed by atoms with Crippen molar-refractivity contribution in [1.29, 1.82) is 0 Å². The highest BCUT2D eigenvalue weighted by Crippen LogP contribution is 2.74. The fraction of sp³-hybridized carbons (Fsp3) is 0.520. The van der Waals surface area contributed by atoms with Crippen LogP contribution in [0.4, 0.5) is 14.7 Å². The fourth-order valence-corrected chi connectivity index (χ4v) is 6.51. The van der Waals surface area contributed by atoms with Crippen LogP contribution in [-0.2, 0) is 23.4 Å². The van der Waals surface area contributed by atoms with Gasteiger partial charge in [0.1, 0.15) is 17.4 Å². The summed E-state index contributed by atoms with van der Waals surface area (Å²) in [5.74, 6) is -4.27. The molecule has 0 radical (unpaired) electrons. The van der Waals surface area contributed by atoms with Crippen molar-refractivity contribution in [3.63, 3.8) is 0 Å². The van der Waals surface area contributed by atoms with Crippen LogP contribution in [0, 0.1) is 0 Å². The highest BCUT2D eigenvalue weighted by molar-refractivity contribution is 7.52. The number of aliphatic hydroxyl groups is 1. The van der Waals surface area contributed by atoms with E-state index in [0.29, 0.717) is 0 Å². The Morgan fingerprint density at radius 2 is 1.95 bits per heavy atom. The molecule has 17 heteroatoms. The molecule has 5 rings (SSSR count). The summed E-state index contributed by atoms with van der Waals surface area (Å²) in [7, 11) is -4.72. The molecule has 228 valence electrons. The third-order valence-electron chi connectivity index (χ3n) is 6.82. The van der Waals surface area contributed by atoms with Gasteiger partial charge in [-0.2, -0.15) is 15.1 Å². The molecular weight excluding hydrogens is 581 g/mol. The first-order valence-electron chi connectivity index (χ1n) is 13.1. The number of carbonyl (C=O) groups is 1. The largest absolute Gasteiger partial charge is 0.476 e. The first-order chi connectivity index (χ1) is 19.7. The Balaban J connectivity index is 1.44. The van der Waals surface area contributed by atoms with Gasteiger partial charge in [0.15, 0.2) is 23.5 Å². The van der Waals surface area contributed by atoms with Crippen LogP contribution in [0.1, 0.15) is 40.8 Å². The number of hydrogen-bond donors (Lipinski definition) is 3. The minimum Gasteiger partial charge on any atom is -0.476 e. The molecule has 0 amide bonds. The van der Waals surface area contributed by atoms with Crippen molar-refractivity contribution in [3.05, 3.63) is 36.7 Å². The lowest BCUT2D eigenvalue weighted by Gasteiger charge is -2.32. The number of halogens is 2. The second kappa shape index (κ2) is 10.4. The van der Waals surface area contributed by atoms with Gasteiger partial charge in [0.05, 0.1) is 19.0 Å². The van der Waals surface area contributed by atoms with Gasteiger partial charge in [0.2, 0.25) is 17.5 Å². The fourth-order valence-electron chi connectivity index (χ4n) is 4.81. The molecule has 2 unspecified atom stereocenters. The third kappa shape index (κ3) is 4.76. The summed E-state index contributed by atoms with van der Waals surface area (Å²) in [4.78, 5) is 24.6. The SMILES string of the molecule is CCOc1nc(N)nc2c1ncn2[C@@H]1O[C@]2(F)[C@@H](OP(=O)(NC(C)C(=O)OC(C)C)Oc3ccccc3)[C@]2(F)[C@@]1(C)O. The number of imidazole rings is 1. The first kappa shape index (κ1) is 30.0. The zero-order chi connectivity index (χ0) is 30.7. The molecule has 42 heavy (non-hydrogen) atoms. The molecular formula is C25H31F2N6O8P. The molecule has 7 atom stereocenters. The molecule has 1 aliphatic carbocycles. The summed E-state index contributed by atoms with van der Waals surface area (Å²) in [6.07, 6.45) is -3.31. The molecule has 0 spiro atoms. The van der Waals surface area contributed by atoms with E-state index in [-0.39, 0.29) is 35.3 Å². The Labute approximate surface area is 239 Å². The molecule has 14 nitrogen and oxygen atoms in total. The lowest BCUT2D eigenvalue weighted by atomic mass is 9.96. The predicted molar refractivity (Wildman–Crippen MR) is 143 cm³/mol. The van der Waals surface area contributed by atoms with E-state index in [1.165, 1.54) is 19.1 Å². The van der Waals surface area contributed by atoms with Crippen LogP contribution in [0.3, 0.4) is 0 Å². The number of nitrogens with one attached hydrogen (secondary N) is 1. The van der Waals surface area contributed by atoms with E-state index < -0.39 is 55.3 Å². The summed E-state index contributed by atoms with van der Waals surface area (Å²) in [5.41, 5.74) is 0.00101. The van der Waals surface area contributed by atoms with E-state index >= 15 is 8.78 Å². The average Bonchev–Trinajstić information content (AvgIpc) is 3.15. The average molecular weight is 613 g/mol. The van der Waals surface area contributed by atoms with E-state index in [2.05, 4.69) is 20.0 Å². The zero-order valence-corrected chi connectivity index (χ0v) is 24.2. The summed E-state index contributed by atoms with van der Waals surface area (Å²) in [6, 6.07) is 6.37. The van der Waals surface area contributed by atoms with Gasteiger partial charge < -0.3 is 29.6 Å². The van der Waals surface area contributed by atoms with Crippen LogP contribution in [0.15, 0.2) is 36.7 Å². The smallest absolute Gasteiger partial charge is 0.460 e. The maximum Gasteiger partial charge on any atom is 0.460 e. The zero-order valence-electron chi connectivity index (χ0n) is 23.4. The number of anilines is 1. The summed E-state index contributed by atoms with van der Waals surface area (Å²) in [5, 5.41) is 13.8. The second-order valence-corrected chi connectivity index (χ2v) is 12.0. The number of hydrogen-bond acceptors (Lipinski definition) is 12. The normalized spacial score (nSPS) is 30.5. The van der Waals surface area contributed by atoms with Crippen LogP contribution in [0.25, 0.3) is 11.2 Å². The van der Waals surface area contributed by atoms with Crippen LogP contribution in [0.2, 0.25) is 0 Å². The Hall–Kier alpha value is -3.43. The van der Waals surface area contributed by atoms with Crippen molar-refractivity contribution in [3.8, 4) is 11.6 Å². The van der Waals surface area contributed by atoms with Crippen LogP contribution < -0.4 is 20.1 Å². The van der Waals surface area contributed by atoms with Crippen molar-refractivity contribution in [2.75, 3.05) is 12.3 Å². The monoisotopic (exact) mass is 612 g/mol. The third-order valence-corrected chi connectivity index (χ3v) is 8.47. The molecule has 3 aromatic rings. The minimum atomic E-state index is -4.72. The van der Waals surface area contributed by atoms with Crippen molar-refractivity contribution < 1.29 is 46.5 Å². The Bertz CT molecular complexity index is 1540. The molecule has 1 aromatic carbocycles. The maximum atomic E-state index is 16.5. The van der Waals surface area contributed by atoms with E-state index in [9.17, 15) is 14.5 Å². The van der Waals surface area contributed by atoms with Crippen LogP contribution in [0.5, 0.6) is 11.6 Å². The minimum absolute atomic E-state index is 0.0144. The van der Waals surface area contributed by atoms with Crippen LogP contribution >= 0.6 is 7.75 Å². The number of benzene rings is 1. The van der Waals surface area contributed by atoms with Gasteiger partial charge in [-0.15, -0.1) is 0 Å². The number of rotatable bonds is 11. The van der Waals surface area contributed by atoms with E-state index in [1.54, 1.807) is 39.0 Å². The van der Waals surface area contributed by atoms with Gasteiger partial charge in [0, 0.05) is 0 Å². The number of ether oxygens (including phenoxy) is 3. The number of nitrogens with zero attached hydrogens (tertiary/aromatic N) is 4. The number of para-hydroxylation sites is 1. The Kier molecular flexibility index (Phi) is 7.43. The molecule has 3 heterocycles. The van der Waals surface area contributed by atoms with Gasteiger partial charge in [-0.1, -0.05) is 18.2 Å². The first-order valence-corrected chi connectivity index (χ1v) is 14.6. The van der Waals surface area contributed by atoms with Crippen molar-refractivity contribution in [1.82, 2.24) is 24.6 Å². The van der Waals surface area contributed by atoms with Gasteiger partial charge in [-0.3, -0.25) is 13.9 Å². The van der Waals surface area contributed by atoms with E-state index in [1.807, 2.05) is 0 Å². The van der Waals surface area contributed by atoms with E-state index in [0.717, 1.165) is 17.8 Å². The van der Waals surface area contributed by atoms with Gasteiger partial charge in [-0.25, -0.2) is 18.3 Å². The number of fused-ring (bicyclic) bond motifs is 2. The molecule has 1 aliphatic heterocycles. The van der Waals surface area contributed by atoms with Crippen molar-refractivity contribution in [2.24, 2.45) is 0 Å². The number of nitrogen functional groups attached to an aromatic ring is 1. The molecule has 2 aliphatic rings. The topological polar surface area (TPSA) is 182 Å². The highest BCUT2D eigenvalue weighted by Gasteiger charge is 2.97. The molecule has 1 saturated heterocycles. The highest BCUT2D eigenvalue weighted by atomic mass is 31.2. The lowest BCUT2D eigenvalue weighted by Crippen LogP contribution is -2.46. The van der Waals surface area contributed by atoms with Gasteiger partial charge >= 0.3 is 13.7 Å². The Morgan fingerprint density at radius 1 is 1.26 bits per heavy atom. The summed E-state index contributed by atoms with van der Waals surface area (Å²) < 4.78 is 74.5. The quantitative estimate of drug-likeness (QED) is 0.212. The predicted octanol–water partition coefficient (Wildman–Crippen LogP) is 2.98. The number of nitrogens with two attached hydrogens (primary N) is 1. The molecule has 2 fully saturated rings. The number of alkyl halides is 2. The molecule has 1 saturated carbocycles. The molecule has 2 aromatic heterocycles. The van der Waals surface area contributed by atoms with Crippen molar-refractivity contribution in [2.45, 2.75) is 76.2 Å². The number of aromatic nitrogens is 4. The van der Waals surface area contributed by atoms with Crippen molar-refractivity contribution >= 4 is 30.8 Å². The number of esters is 1. The van der Waals surface area contributed by atoms with Gasteiger partial charge in [0.25, 0.3) is 5.85 Å². The van der Waals surface area contributed by atoms with Gasteiger partial charge in [-0.05, 0) is 46.8 Å². The number of carbonyl (C=O) groups excluding carboxylic acids is 1. The molecule has 4 N–H and O–H groups in total. The van der Waals surface area contributed by atoms with E-state index in [4.69, 9.17) is 29.0 Å².